The molecule has 0 saturated carbocycles. The molecule has 0 radical (unpaired) electrons. The zero-order valence-electron chi connectivity index (χ0n) is 11.4. The van der Waals surface area contributed by atoms with Gasteiger partial charge in [0.2, 0.25) is 0 Å². The Labute approximate surface area is 117 Å². The number of nitrogens with one attached hydrogen (secondary N) is 2. The van der Waals surface area contributed by atoms with Crippen LogP contribution in [0.15, 0.2) is 48.5 Å². The van der Waals surface area contributed by atoms with E-state index in [4.69, 9.17) is 0 Å². The number of carbonyl (C=O) groups is 2. The van der Waals surface area contributed by atoms with Gasteiger partial charge in [-0.05, 0) is 49.4 Å². The predicted octanol–water partition coefficient (Wildman–Crippen LogP) is 3.18. The van der Waals surface area contributed by atoms with Gasteiger partial charge in [0.25, 0.3) is 5.91 Å². The van der Waals surface area contributed by atoms with Gasteiger partial charge in [-0.1, -0.05) is 6.07 Å². The number of benzene rings is 2. The second-order valence-corrected chi connectivity index (χ2v) is 4.42. The highest BCUT2D eigenvalue weighted by atomic mass is 16.1. The van der Waals surface area contributed by atoms with Crippen LogP contribution in [0.1, 0.15) is 27.6 Å². The summed E-state index contributed by atoms with van der Waals surface area (Å²) in [4.78, 5) is 23.3. The molecule has 0 saturated heterocycles. The minimum absolute atomic E-state index is 0.00426. The van der Waals surface area contributed by atoms with Crippen LogP contribution in [0.3, 0.4) is 0 Å². The molecule has 0 fully saturated rings. The Bertz CT molecular complexity index is 633. The zero-order chi connectivity index (χ0) is 14.5. The Balaban J connectivity index is 2.12. The van der Waals surface area contributed by atoms with E-state index in [2.05, 4.69) is 10.6 Å². The van der Waals surface area contributed by atoms with E-state index in [1.165, 1.54) is 6.92 Å². The Morgan fingerprint density at radius 3 is 2.20 bits per heavy atom. The van der Waals surface area contributed by atoms with Crippen molar-refractivity contribution < 1.29 is 9.59 Å². The third kappa shape index (κ3) is 3.23. The molecule has 0 spiro atoms. The van der Waals surface area contributed by atoms with E-state index in [-0.39, 0.29) is 11.7 Å². The number of rotatable bonds is 4. The molecule has 0 heterocycles. The molecular weight excluding hydrogens is 252 g/mol. The van der Waals surface area contributed by atoms with Gasteiger partial charge in [0.1, 0.15) is 0 Å². The molecule has 102 valence electrons. The molecule has 1 amide bonds. The first-order valence-electron chi connectivity index (χ1n) is 6.30. The minimum Gasteiger partial charge on any atom is -0.388 e. The smallest absolute Gasteiger partial charge is 0.255 e. The second kappa shape index (κ2) is 6.02. The van der Waals surface area contributed by atoms with Gasteiger partial charge in [0.05, 0.1) is 0 Å². The van der Waals surface area contributed by atoms with Crippen LogP contribution < -0.4 is 10.6 Å². The van der Waals surface area contributed by atoms with E-state index >= 15 is 0 Å². The summed E-state index contributed by atoms with van der Waals surface area (Å²) < 4.78 is 0. The molecule has 2 aromatic rings. The summed E-state index contributed by atoms with van der Waals surface area (Å²) in [6, 6.07) is 14.1. The number of amides is 1. The van der Waals surface area contributed by atoms with Crippen molar-refractivity contribution in [1.29, 1.82) is 0 Å². The fourth-order valence-corrected chi connectivity index (χ4v) is 1.81. The fourth-order valence-electron chi connectivity index (χ4n) is 1.81. The van der Waals surface area contributed by atoms with Crippen molar-refractivity contribution in [2.24, 2.45) is 0 Å². The number of Topliss-reactive ketones (excluding diaryl/α,β-unsaturated/α-hetero) is 1. The van der Waals surface area contributed by atoms with Gasteiger partial charge < -0.3 is 10.6 Å². The predicted molar refractivity (Wildman–Crippen MR) is 80.4 cm³/mol. The van der Waals surface area contributed by atoms with E-state index in [1.807, 2.05) is 12.1 Å². The number of hydrogen-bond acceptors (Lipinski definition) is 3. The van der Waals surface area contributed by atoms with E-state index in [9.17, 15) is 9.59 Å². The molecule has 0 bridgehead atoms. The first-order valence-corrected chi connectivity index (χ1v) is 6.30. The van der Waals surface area contributed by atoms with Crippen LogP contribution >= 0.6 is 0 Å². The van der Waals surface area contributed by atoms with Gasteiger partial charge in [-0.15, -0.1) is 0 Å². The monoisotopic (exact) mass is 268 g/mol. The van der Waals surface area contributed by atoms with E-state index in [1.54, 1.807) is 43.4 Å². The molecule has 4 heteroatoms. The normalized spacial score (nSPS) is 9.90. The summed E-state index contributed by atoms with van der Waals surface area (Å²) in [7, 11) is 1.80. The SMILES string of the molecule is CNc1cccc(C(=O)Nc2ccc(C(C)=O)cc2)c1. The minimum atomic E-state index is -0.183. The standard InChI is InChI=1S/C16H16N2O2/c1-11(19)12-6-8-14(9-7-12)18-16(20)13-4-3-5-15(10-13)17-2/h3-10,17H,1-2H3,(H,18,20). The highest BCUT2D eigenvalue weighted by Gasteiger charge is 2.07. The van der Waals surface area contributed by atoms with Crippen LogP contribution in [0.4, 0.5) is 11.4 Å². The van der Waals surface area contributed by atoms with E-state index in [0.717, 1.165) is 5.69 Å². The lowest BCUT2D eigenvalue weighted by Gasteiger charge is -2.07. The van der Waals surface area contributed by atoms with Crippen LogP contribution in [-0.4, -0.2) is 18.7 Å². The van der Waals surface area contributed by atoms with Gasteiger partial charge >= 0.3 is 0 Å². The molecule has 2 N–H and O–H groups in total. The Kier molecular flexibility index (Phi) is 4.15. The second-order valence-electron chi connectivity index (χ2n) is 4.42. The summed E-state index contributed by atoms with van der Waals surface area (Å²) >= 11 is 0. The molecule has 0 aliphatic rings. The molecule has 0 aromatic heterocycles. The Morgan fingerprint density at radius 2 is 1.60 bits per heavy atom. The van der Waals surface area contributed by atoms with E-state index < -0.39 is 0 Å². The van der Waals surface area contributed by atoms with Crippen LogP contribution in [0.2, 0.25) is 0 Å². The van der Waals surface area contributed by atoms with Crippen molar-refractivity contribution in [3.8, 4) is 0 Å². The van der Waals surface area contributed by atoms with Crippen molar-refractivity contribution in [3.05, 3.63) is 59.7 Å². The molecule has 4 nitrogen and oxygen atoms in total. The maximum Gasteiger partial charge on any atom is 0.255 e. The Hall–Kier alpha value is -2.62. The first kappa shape index (κ1) is 13.8. The van der Waals surface area contributed by atoms with Gasteiger partial charge in [0.15, 0.2) is 5.78 Å². The number of carbonyl (C=O) groups excluding carboxylic acids is 2. The summed E-state index contributed by atoms with van der Waals surface area (Å²) in [6.07, 6.45) is 0. The van der Waals surface area contributed by atoms with Crippen molar-refractivity contribution in [3.63, 3.8) is 0 Å². The topological polar surface area (TPSA) is 58.2 Å². The fraction of sp³-hybridized carbons (Fsp3) is 0.125. The molecule has 0 unspecified atom stereocenters. The summed E-state index contributed by atoms with van der Waals surface area (Å²) in [6.45, 7) is 1.51. The summed E-state index contributed by atoms with van der Waals surface area (Å²) in [5.41, 5.74) is 2.74. The largest absolute Gasteiger partial charge is 0.388 e. The Morgan fingerprint density at radius 1 is 0.900 bits per heavy atom. The molecular formula is C16H16N2O2. The molecule has 20 heavy (non-hydrogen) atoms. The lowest BCUT2D eigenvalue weighted by Crippen LogP contribution is -2.12. The van der Waals surface area contributed by atoms with Gasteiger partial charge in [-0.3, -0.25) is 9.59 Å². The molecule has 0 aliphatic heterocycles. The van der Waals surface area contributed by atoms with Crippen LogP contribution in [0, 0.1) is 0 Å². The highest BCUT2D eigenvalue weighted by molar-refractivity contribution is 6.05. The van der Waals surface area contributed by atoms with Crippen LogP contribution in [0.25, 0.3) is 0 Å². The first-order chi connectivity index (χ1) is 9.60. The average molecular weight is 268 g/mol. The van der Waals surface area contributed by atoms with E-state index in [0.29, 0.717) is 16.8 Å². The third-order valence-corrected chi connectivity index (χ3v) is 2.96. The van der Waals surface area contributed by atoms with Crippen molar-refractivity contribution >= 4 is 23.1 Å². The summed E-state index contributed by atoms with van der Waals surface area (Å²) in [5, 5.41) is 5.79. The lowest BCUT2D eigenvalue weighted by molar-refractivity contribution is 0.101. The molecule has 0 atom stereocenters. The highest BCUT2D eigenvalue weighted by Crippen LogP contribution is 2.14. The number of ketones is 1. The maximum absolute atomic E-state index is 12.1. The molecule has 0 aliphatic carbocycles. The van der Waals surface area contributed by atoms with Crippen molar-refractivity contribution in [1.82, 2.24) is 0 Å². The van der Waals surface area contributed by atoms with Gasteiger partial charge in [-0.25, -0.2) is 0 Å². The van der Waals surface area contributed by atoms with Crippen LogP contribution in [-0.2, 0) is 0 Å². The van der Waals surface area contributed by atoms with Crippen molar-refractivity contribution in [2.75, 3.05) is 17.7 Å². The number of hydrogen-bond donors (Lipinski definition) is 2. The maximum atomic E-state index is 12.1. The van der Waals surface area contributed by atoms with Gasteiger partial charge in [0, 0.05) is 29.5 Å². The zero-order valence-corrected chi connectivity index (χ0v) is 11.4. The quantitative estimate of drug-likeness (QED) is 0.837. The lowest BCUT2D eigenvalue weighted by atomic mass is 10.1. The average Bonchev–Trinajstić information content (AvgIpc) is 2.47. The van der Waals surface area contributed by atoms with Crippen molar-refractivity contribution in [2.45, 2.75) is 6.92 Å². The summed E-state index contributed by atoms with van der Waals surface area (Å²) in [5.74, 6) is -0.178. The molecule has 2 rings (SSSR count). The molecule has 2 aromatic carbocycles. The van der Waals surface area contributed by atoms with Gasteiger partial charge in [-0.2, -0.15) is 0 Å². The van der Waals surface area contributed by atoms with Crippen LogP contribution in [0.5, 0.6) is 0 Å². The number of anilines is 2. The third-order valence-electron chi connectivity index (χ3n) is 2.96.